The lowest BCUT2D eigenvalue weighted by Gasteiger charge is -2.18. The molecule has 0 bridgehead atoms. The Morgan fingerprint density at radius 2 is 2.25 bits per heavy atom. The van der Waals surface area contributed by atoms with Crippen molar-refractivity contribution in [2.24, 2.45) is 5.73 Å². The maximum absolute atomic E-state index is 5.50. The fraction of sp³-hybridized carbons (Fsp3) is 0.700. The van der Waals surface area contributed by atoms with E-state index in [0.29, 0.717) is 10.9 Å². The number of nitrogens with two attached hydrogens (primary N) is 1. The van der Waals surface area contributed by atoms with Crippen LogP contribution in [0.3, 0.4) is 0 Å². The number of anilines is 1. The molecule has 1 heterocycles. The van der Waals surface area contributed by atoms with Gasteiger partial charge in [-0.2, -0.15) is 4.37 Å². The smallest absolute Gasteiger partial charge is 0.205 e. The summed E-state index contributed by atoms with van der Waals surface area (Å²) in [4.78, 5) is 7.21. The third kappa shape index (κ3) is 3.68. The summed E-state index contributed by atoms with van der Waals surface area (Å²) in [5.74, 6) is 1.29. The van der Waals surface area contributed by atoms with Crippen LogP contribution in [-0.2, 0) is 0 Å². The van der Waals surface area contributed by atoms with Gasteiger partial charge in [-0.05, 0) is 6.92 Å². The second-order valence-electron chi connectivity index (χ2n) is 3.89. The zero-order chi connectivity index (χ0) is 12.1. The number of aromatic nitrogens is 2. The monoisotopic (exact) mass is 258 g/mol. The third-order valence-electron chi connectivity index (χ3n) is 2.23. The molecule has 0 fully saturated rings. The standard InChI is InChI=1S/C10H18N4S2/c1-4-14(6-5-8(11)15)10-12-9(7(2)3)13-16-10/h7H,4-6H2,1-3H3,(H2,11,15). The molecule has 0 saturated carbocycles. The summed E-state index contributed by atoms with van der Waals surface area (Å²) in [5, 5.41) is 0.961. The van der Waals surface area contributed by atoms with Gasteiger partial charge < -0.3 is 10.6 Å². The molecule has 0 atom stereocenters. The van der Waals surface area contributed by atoms with Crippen molar-refractivity contribution in [3.63, 3.8) is 0 Å². The minimum Gasteiger partial charge on any atom is -0.393 e. The normalized spacial score (nSPS) is 10.8. The van der Waals surface area contributed by atoms with Gasteiger partial charge in [0.05, 0.1) is 4.99 Å². The van der Waals surface area contributed by atoms with Gasteiger partial charge in [0.2, 0.25) is 5.13 Å². The molecule has 4 nitrogen and oxygen atoms in total. The quantitative estimate of drug-likeness (QED) is 0.793. The molecule has 1 aromatic heterocycles. The highest BCUT2D eigenvalue weighted by atomic mass is 32.1. The van der Waals surface area contributed by atoms with E-state index in [0.717, 1.165) is 30.5 Å². The summed E-state index contributed by atoms with van der Waals surface area (Å²) < 4.78 is 4.34. The fourth-order valence-corrected chi connectivity index (χ4v) is 2.21. The molecule has 2 N–H and O–H groups in total. The highest BCUT2D eigenvalue weighted by molar-refractivity contribution is 7.80. The Hall–Kier alpha value is -0.750. The van der Waals surface area contributed by atoms with Crippen molar-refractivity contribution < 1.29 is 0 Å². The summed E-state index contributed by atoms with van der Waals surface area (Å²) in [6.07, 6.45) is 0.722. The van der Waals surface area contributed by atoms with Crippen molar-refractivity contribution in [2.45, 2.75) is 33.1 Å². The molecule has 0 unspecified atom stereocenters. The lowest BCUT2D eigenvalue weighted by molar-refractivity contribution is 0.781. The molecule has 1 aromatic rings. The SMILES string of the molecule is CCN(CCC(N)=S)c1nc(C(C)C)ns1. The summed E-state index contributed by atoms with van der Waals surface area (Å²) in [6, 6.07) is 0. The zero-order valence-corrected chi connectivity index (χ0v) is 11.6. The molecule has 0 saturated heterocycles. The van der Waals surface area contributed by atoms with E-state index in [1.165, 1.54) is 11.5 Å². The van der Waals surface area contributed by atoms with Crippen LogP contribution in [0, 0.1) is 0 Å². The van der Waals surface area contributed by atoms with E-state index < -0.39 is 0 Å². The van der Waals surface area contributed by atoms with Crippen LogP contribution in [0.2, 0.25) is 0 Å². The molecule has 0 radical (unpaired) electrons. The minimum absolute atomic E-state index is 0.374. The van der Waals surface area contributed by atoms with Crippen molar-refractivity contribution in [1.29, 1.82) is 0 Å². The first-order valence-electron chi connectivity index (χ1n) is 5.41. The van der Waals surface area contributed by atoms with Crippen LogP contribution < -0.4 is 10.6 Å². The van der Waals surface area contributed by atoms with E-state index in [9.17, 15) is 0 Å². The van der Waals surface area contributed by atoms with Gasteiger partial charge in [-0.25, -0.2) is 4.98 Å². The zero-order valence-electron chi connectivity index (χ0n) is 9.93. The van der Waals surface area contributed by atoms with Crippen molar-refractivity contribution in [3.8, 4) is 0 Å². The van der Waals surface area contributed by atoms with Gasteiger partial charge in [-0.1, -0.05) is 26.1 Å². The molecule has 0 amide bonds. The lowest BCUT2D eigenvalue weighted by atomic mass is 10.2. The summed E-state index contributed by atoms with van der Waals surface area (Å²) >= 11 is 6.32. The molecule has 1 rings (SSSR count). The molecule has 0 aliphatic heterocycles. The van der Waals surface area contributed by atoms with Crippen molar-refractivity contribution >= 4 is 33.9 Å². The first kappa shape index (κ1) is 13.3. The van der Waals surface area contributed by atoms with Crippen LogP contribution in [0.5, 0.6) is 0 Å². The number of thiocarbonyl (C=S) groups is 1. The van der Waals surface area contributed by atoms with Crippen molar-refractivity contribution in [3.05, 3.63) is 5.82 Å². The molecule has 0 spiro atoms. The first-order valence-corrected chi connectivity index (χ1v) is 6.59. The summed E-state index contributed by atoms with van der Waals surface area (Å²) in [5.41, 5.74) is 5.50. The molecule has 0 aromatic carbocycles. The fourth-order valence-electron chi connectivity index (χ4n) is 1.22. The Morgan fingerprint density at radius 3 is 2.69 bits per heavy atom. The highest BCUT2D eigenvalue weighted by Gasteiger charge is 2.12. The molecule has 0 aliphatic carbocycles. The minimum atomic E-state index is 0.374. The van der Waals surface area contributed by atoms with Crippen LogP contribution in [0.15, 0.2) is 0 Å². The van der Waals surface area contributed by atoms with Crippen LogP contribution in [0.1, 0.15) is 38.9 Å². The van der Waals surface area contributed by atoms with E-state index in [1.54, 1.807) is 0 Å². The van der Waals surface area contributed by atoms with Gasteiger partial charge >= 0.3 is 0 Å². The Labute approximate surface area is 106 Å². The molecular weight excluding hydrogens is 240 g/mol. The van der Waals surface area contributed by atoms with Gasteiger partial charge in [0.1, 0.15) is 5.82 Å². The molecule has 6 heteroatoms. The van der Waals surface area contributed by atoms with Crippen LogP contribution in [0.25, 0.3) is 0 Å². The number of hydrogen-bond acceptors (Lipinski definition) is 5. The van der Waals surface area contributed by atoms with Crippen LogP contribution >= 0.6 is 23.8 Å². The summed E-state index contributed by atoms with van der Waals surface area (Å²) in [6.45, 7) is 8.00. The largest absolute Gasteiger partial charge is 0.393 e. The highest BCUT2D eigenvalue weighted by Crippen LogP contribution is 2.21. The van der Waals surface area contributed by atoms with Gasteiger partial charge in [0.25, 0.3) is 0 Å². The average molecular weight is 258 g/mol. The molecule has 90 valence electrons. The van der Waals surface area contributed by atoms with Crippen LogP contribution in [-0.4, -0.2) is 27.4 Å². The molecule has 16 heavy (non-hydrogen) atoms. The predicted molar refractivity (Wildman–Crippen MR) is 73.3 cm³/mol. The Morgan fingerprint density at radius 1 is 1.56 bits per heavy atom. The second kappa shape index (κ2) is 6.10. The van der Waals surface area contributed by atoms with Gasteiger partial charge in [-0.15, -0.1) is 0 Å². The first-order chi connectivity index (χ1) is 7.54. The van der Waals surface area contributed by atoms with Crippen LogP contribution in [0.4, 0.5) is 5.13 Å². The third-order valence-corrected chi connectivity index (χ3v) is 3.22. The predicted octanol–water partition coefficient (Wildman–Crippen LogP) is 2.16. The summed E-state index contributed by atoms with van der Waals surface area (Å²) in [7, 11) is 0. The van der Waals surface area contributed by atoms with Crippen molar-refractivity contribution in [1.82, 2.24) is 9.36 Å². The second-order valence-corrected chi connectivity index (χ2v) is 5.14. The van der Waals surface area contributed by atoms with Gasteiger partial charge in [0, 0.05) is 37.0 Å². The maximum Gasteiger partial charge on any atom is 0.205 e. The van der Waals surface area contributed by atoms with E-state index in [4.69, 9.17) is 18.0 Å². The number of nitrogens with zero attached hydrogens (tertiary/aromatic N) is 3. The Bertz CT molecular complexity index is 348. The van der Waals surface area contributed by atoms with E-state index in [-0.39, 0.29) is 0 Å². The Kier molecular flexibility index (Phi) is 5.08. The Balaban J connectivity index is 2.67. The molecular formula is C10H18N4S2. The van der Waals surface area contributed by atoms with E-state index >= 15 is 0 Å². The van der Waals surface area contributed by atoms with Gasteiger partial charge in [0.15, 0.2) is 0 Å². The van der Waals surface area contributed by atoms with Gasteiger partial charge in [-0.3, -0.25) is 0 Å². The lowest BCUT2D eigenvalue weighted by Crippen LogP contribution is -2.27. The average Bonchev–Trinajstić information content (AvgIpc) is 2.67. The number of rotatable bonds is 6. The molecule has 0 aliphatic rings. The van der Waals surface area contributed by atoms with E-state index in [2.05, 4.69) is 35.0 Å². The van der Waals surface area contributed by atoms with Crippen molar-refractivity contribution in [2.75, 3.05) is 18.0 Å². The maximum atomic E-state index is 5.50. The van der Waals surface area contributed by atoms with E-state index in [1.807, 2.05) is 0 Å². The number of hydrogen-bond donors (Lipinski definition) is 1. The topological polar surface area (TPSA) is 55.0 Å².